The third-order valence-electron chi connectivity index (χ3n) is 4.12. The van der Waals surface area contributed by atoms with Gasteiger partial charge in [-0.3, -0.25) is 29.4 Å². The summed E-state index contributed by atoms with van der Waals surface area (Å²) < 4.78 is 0.813. The molecule has 0 saturated carbocycles. The van der Waals surface area contributed by atoms with Crippen molar-refractivity contribution in [3.63, 3.8) is 0 Å². The first-order valence-corrected chi connectivity index (χ1v) is 11.1. The average molecular weight is 536 g/mol. The Morgan fingerprint density at radius 1 is 1.25 bits per heavy atom. The average Bonchev–Trinajstić information content (AvgIpc) is 2.76. The monoisotopic (exact) mass is 535 g/mol. The van der Waals surface area contributed by atoms with Crippen molar-refractivity contribution < 1.29 is 19.3 Å². The van der Waals surface area contributed by atoms with Gasteiger partial charge in [0.05, 0.1) is 16.4 Å². The second-order valence-corrected chi connectivity index (χ2v) is 8.63. The Bertz CT molecular complexity index is 1110. The number of nitrogens with zero attached hydrogens (tertiary/aromatic N) is 3. The maximum atomic E-state index is 12.8. The van der Waals surface area contributed by atoms with Gasteiger partial charge in [0.15, 0.2) is 11.0 Å². The minimum atomic E-state index is -1.27. The number of nitro groups is 1. The lowest BCUT2D eigenvalue weighted by Crippen LogP contribution is -2.58. The normalized spacial score (nSPS) is 16.2. The van der Waals surface area contributed by atoms with E-state index in [9.17, 15) is 24.5 Å². The molecule has 2 aromatic rings. The molecule has 3 rings (SSSR count). The highest BCUT2D eigenvalue weighted by Crippen LogP contribution is 2.23. The second kappa shape index (κ2) is 10.4. The van der Waals surface area contributed by atoms with Crippen molar-refractivity contribution in [2.75, 3.05) is 10.7 Å². The molecule has 10 nitrogen and oxygen atoms in total. The maximum Gasteiger partial charge on any atom is 0.269 e. The van der Waals surface area contributed by atoms with E-state index in [0.29, 0.717) is 10.6 Å². The van der Waals surface area contributed by atoms with Crippen LogP contribution in [0.1, 0.15) is 0 Å². The van der Waals surface area contributed by atoms with E-state index in [2.05, 4.69) is 31.8 Å². The molecule has 0 aliphatic carbocycles. The van der Waals surface area contributed by atoms with Gasteiger partial charge >= 0.3 is 0 Å². The van der Waals surface area contributed by atoms with Gasteiger partial charge in [0, 0.05) is 27.7 Å². The van der Waals surface area contributed by atoms with E-state index < -0.39 is 28.6 Å². The van der Waals surface area contributed by atoms with E-state index in [-0.39, 0.29) is 16.6 Å². The van der Waals surface area contributed by atoms with Gasteiger partial charge in [-0.15, -0.1) is 11.8 Å². The predicted octanol–water partition coefficient (Wildman–Crippen LogP) is 2.62. The zero-order valence-electron chi connectivity index (χ0n) is 16.1. The Morgan fingerprint density at radius 2 is 1.91 bits per heavy atom. The highest BCUT2D eigenvalue weighted by molar-refractivity contribution is 9.10. The molecule has 1 heterocycles. The topological polar surface area (TPSA) is 134 Å². The minimum Gasteiger partial charge on any atom is -0.301 e. The first-order valence-electron chi connectivity index (χ1n) is 8.90. The maximum absolute atomic E-state index is 12.8. The third kappa shape index (κ3) is 5.75. The Labute approximate surface area is 199 Å². The molecule has 1 saturated heterocycles. The third-order valence-corrected chi connectivity index (χ3v) is 5.94. The van der Waals surface area contributed by atoms with Gasteiger partial charge in [-0.1, -0.05) is 15.9 Å². The molecular formula is C19H14BrN5O5S2. The number of rotatable bonds is 7. The van der Waals surface area contributed by atoms with E-state index >= 15 is 0 Å². The number of non-ortho nitro benzene ring substituents is 1. The lowest BCUT2D eigenvalue weighted by atomic mass is 10.1. The zero-order chi connectivity index (χ0) is 23.3. The summed E-state index contributed by atoms with van der Waals surface area (Å²) in [4.78, 5) is 49.0. The van der Waals surface area contributed by atoms with E-state index in [1.807, 2.05) is 0 Å². The number of thioether (sulfide) groups is 1. The van der Waals surface area contributed by atoms with Crippen molar-refractivity contribution in [2.45, 2.75) is 4.90 Å². The summed E-state index contributed by atoms with van der Waals surface area (Å²) in [6.07, 6.45) is 1.04. The number of hydrogen-bond acceptors (Lipinski definition) is 8. The Morgan fingerprint density at radius 3 is 2.53 bits per heavy atom. The van der Waals surface area contributed by atoms with Crippen molar-refractivity contribution in [2.24, 2.45) is 11.0 Å². The van der Waals surface area contributed by atoms with Crippen molar-refractivity contribution in [3.8, 4) is 0 Å². The van der Waals surface area contributed by atoms with Crippen LogP contribution in [0.3, 0.4) is 0 Å². The Kier molecular flexibility index (Phi) is 7.66. The molecule has 32 heavy (non-hydrogen) atoms. The molecular weight excluding hydrogens is 522 g/mol. The fraction of sp³-hybridized carbons (Fsp3) is 0.105. The molecule has 3 amide bonds. The van der Waals surface area contributed by atoms with Crippen LogP contribution in [0.5, 0.6) is 0 Å². The number of amides is 3. The van der Waals surface area contributed by atoms with Gasteiger partial charge < -0.3 is 5.32 Å². The van der Waals surface area contributed by atoms with Gasteiger partial charge in [0.1, 0.15) is 0 Å². The van der Waals surface area contributed by atoms with Crippen LogP contribution in [0.2, 0.25) is 0 Å². The summed E-state index contributed by atoms with van der Waals surface area (Å²) in [6, 6.07) is 12.5. The number of halogens is 1. The van der Waals surface area contributed by atoms with E-state index in [0.717, 1.165) is 22.4 Å². The largest absolute Gasteiger partial charge is 0.301 e. The molecule has 0 radical (unpaired) electrons. The van der Waals surface area contributed by atoms with Crippen LogP contribution in [0.4, 0.5) is 11.4 Å². The smallest absolute Gasteiger partial charge is 0.269 e. The van der Waals surface area contributed by atoms with E-state index in [1.54, 1.807) is 24.3 Å². The molecule has 2 N–H and O–H groups in total. The summed E-state index contributed by atoms with van der Waals surface area (Å²) in [6.45, 7) is 0. The summed E-state index contributed by atoms with van der Waals surface area (Å²) in [5.41, 5.74) is 2.69. The number of hydrogen-bond donors (Lipinski definition) is 2. The minimum absolute atomic E-state index is 0.0188. The summed E-state index contributed by atoms with van der Waals surface area (Å²) in [5.74, 6) is -3.01. The van der Waals surface area contributed by atoms with Gasteiger partial charge in [0.2, 0.25) is 11.8 Å². The van der Waals surface area contributed by atoms with Gasteiger partial charge in [-0.2, -0.15) is 5.10 Å². The lowest BCUT2D eigenvalue weighted by Gasteiger charge is -2.30. The molecule has 1 fully saturated rings. The first-order chi connectivity index (χ1) is 15.3. The van der Waals surface area contributed by atoms with Gasteiger partial charge in [0.25, 0.3) is 11.6 Å². The van der Waals surface area contributed by atoms with Crippen LogP contribution in [0.25, 0.3) is 0 Å². The summed E-state index contributed by atoms with van der Waals surface area (Å²) in [5, 5.41) is 16.8. The molecule has 13 heteroatoms. The number of benzene rings is 2. The van der Waals surface area contributed by atoms with Crippen LogP contribution in [-0.2, 0) is 14.4 Å². The van der Waals surface area contributed by atoms with Crippen LogP contribution in [-0.4, -0.2) is 39.7 Å². The molecule has 1 aliphatic rings. The lowest BCUT2D eigenvalue weighted by molar-refractivity contribution is -0.384. The van der Waals surface area contributed by atoms with Crippen molar-refractivity contribution >= 4 is 80.3 Å². The molecule has 0 unspecified atom stereocenters. The number of nitro benzene ring substituents is 1. The molecule has 0 aromatic heterocycles. The summed E-state index contributed by atoms with van der Waals surface area (Å²) >= 11 is 9.57. The quantitative estimate of drug-likeness (QED) is 0.139. The van der Waals surface area contributed by atoms with Crippen LogP contribution in [0.15, 0.2) is 63.0 Å². The first kappa shape index (κ1) is 23.5. The zero-order valence-corrected chi connectivity index (χ0v) is 19.3. The number of anilines is 1. The molecule has 0 bridgehead atoms. The highest BCUT2D eigenvalue weighted by Gasteiger charge is 2.38. The Hall–Kier alpha value is -3.16. The predicted molar refractivity (Wildman–Crippen MR) is 126 cm³/mol. The SMILES string of the molecule is O=C(CSc1ccc([N+](=O)[O-])cc1)N/N=C\[C@H]1C(=O)NC(=S)N(c2ccc(Br)cc2)C1=O. The second-order valence-electron chi connectivity index (χ2n) is 6.27. The standard InChI is InChI=1S/C19H14BrN5O5S2/c20-11-1-3-12(4-2-11)24-18(28)15(17(27)22-19(24)31)9-21-23-16(26)10-32-14-7-5-13(6-8-14)25(29)30/h1-9,15H,10H2,(H,23,26)(H,22,27,31)/b21-9-/t15-/m0/s1. The van der Waals surface area contributed by atoms with Gasteiger partial charge in [-0.05, 0) is 48.6 Å². The van der Waals surface area contributed by atoms with Crippen LogP contribution < -0.4 is 15.6 Å². The molecule has 1 atom stereocenters. The van der Waals surface area contributed by atoms with Crippen molar-refractivity contribution in [1.29, 1.82) is 0 Å². The fourth-order valence-corrected chi connectivity index (χ4v) is 3.84. The van der Waals surface area contributed by atoms with Crippen molar-refractivity contribution in [1.82, 2.24) is 10.7 Å². The molecule has 164 valence electrons. The van der Waals surface area contributed by atoms with E-state index in [4.69, 9.17) is 12.2 Å². The number of thiocarbonyl (C=S) groups is 1. The van der Waals surface area contributed by atoms with Crippen LogP contribution >= 0.6 is 39.9 Å². The number of carbonyl (C=O) groups is 3. The molecule has 0 spiro atoms. The number of carbonyl (C=O) groups excluding carboxylic acids is 3. The Balaban J connectivity index is 1.58. The van der Waals surface area contributed by atoms with Crippen LogP contribution in [0, 0.1) is 16.0 Å². The van der Waals surface area contributed by atoms with E-state index in [1.165, 1.54) is 29.2 Å². The van der Waals surface area contributed by atoms with Gasteiger partial charge in [-0.25, -0.2) is 5.43 Å². The highest BCUT2D eigenvalue weighted by atomic mass is 79.9. The molecule has 2 aromatic carbocycles. The number of hydrazone groups is 1. The number of nitrogens with one attached hydrogen (secondary N) is 2. The molecule has 1 aliphatic heterocycles. The summed E-state index contributed by atoms with van der Waals surface area (Å²) in [7, 11) is 0. The fourth-order valence-electron chi connectivity index (χ4n) is 2.59. The van der Waals surface area contributed by atoms with Crippen molar-refractivity contribution in [3.05, 3.63) is 63.1 Å².